The maximum atomic E-state index is 13.0. The summed E-state index contributed by atoms with van der Waals surface area (Å²) < 4.78 is 28.2. The summed E-state index contributed by atoms with van der Waals surface area (Å²) in [5, 5.41) is 3.51. The van der Waals surface area contributed by atoms with Gasteiger partial charge >= 0.3 is 0 Å². The molecule has 0 unspecified atom stereocenters. The van der Waals surface area contributed by atoms with Gasteiger partial charge in [-0.3, -0.25) is 4.79 Å². The van der Waals surface area contributed by atoms with E-state index in [1.807, 2.05) is 49.4 Å². The molecule has 0 aliphatic heterocycles. The van der Waals surface area contributed by atoms with E-state index in [0.717, 1.165) is 11.1 Å². The summed E-state index contributed by atoms with van der Waals surface area (Å²) in [6.45, 7) is 1.84. The molecule has 2 atom stereocenters. The fourth-order valence-electron chi connectivity index (χ4n) is 3.04. The van der Waals surface area contributed by atoms with E-state index >= 15 is 0 Å². The number of sulfonamides is 1. The van der Waals surface area contributed by atoms with E-state index < -0.39 is 22.0 Å². The van der Waals surface area contributed by atoms with Crippen LogP contribution in [0.15, 0.2) is 89.8 Å². The average Bonchev–Trinajstić information content (AvgIpc) is 2.75. The summed E-state index contributed by atoms with van der Waals surface area (Å²) >= 11 is 5.93. The molecule has 2 N–H and O–H groups in total. The number of halogens is 1. The zero-order valence-corrected chi connectivity index (χ0v) is 18.0. The van der Waals surface area contributed by atoms with Gasteiger partial charge in [0.1, 0.15) is 6.04 Å². The van der Waals surface area contributed by atoms with Crippen LogP contribution in [0.25, 0.3) is 0 Å². The van der Waals surface area contributed by atoms with Gasteiger partial charge in [0.2, 0.25) is 15.9 Å². The van der Waals surface area contributed by atoms with Gasteiger partial charge in [-0.2, -0.15) is 4.72 Å². The summed E-state index contributed by atoms with van der Waals surface area (Å²) in [5.74, 6) is -0.402. The lowest BCUT2D eigenvalue weighted by Gasteiger charge is -2.22. The summed E-state index contributed by atoms with van der Waals surface area (Å²) in [6.07, 6.45) is 0.228. The molecule has 3 aromatic carbocycles. The number of carbonyl (C=O) groups is 1. The predicted molar refractivity (Wildman–Crippen MR) is 119 cm³/mol. The highest BCUT2D eigenvalue weighted by atomic mass is 35.5. The van der Waals surface area contributed by atoms with Crippen molar-refractivity contribution in [2.75, 3.05) is 0 Å². The molecule has 0 aromatic heterocycles. The summed E-state index contributed by atoms with van der Waals surface area (Å²) in [7, 11) is -3.86. The third kappa shape index (κ3) is 5.92. The van der Waals surface area contributed by atoms with Gasteiger partial charge in [-0.1, -0.05) is 72.3 Å². The molecule has 5 nitrogen and oxygen atoms in total. The first-order valence-electron chi connectivity index (χ1n) is 9.52. The van der Waals surface area contributed by atoms with Crippen LogP contribution in [0.1, 0.15) is 24.1 Å². The molecule has 0 radical (unpaired) electrons. The minimum absolute atomic E-state index is 0.113. The first-order valence-corrected chi connectivity index (χ1v) is 11.4. The number of carbonyl (C=O) groups excluding carboxylic acids is 1. The quantitative estimate of drug-likeness (QED) is 0.551. The molecule has 156 valence electrons. The molecule has 7 heteroatoms. The highest BCUT2D eigenvalue weighted by Crippen LogP contribution is 2.17. The van der Waals surface area contributed by atoms with Crippen molar-refractivity contribution in [3.63, 3.8) is 0 Å². The molecule has 0 saturated carbocycles. The lowest BCUT2D eigenvalue weighted by atomic mass is 10.0. The third-order valence-electron chi connectivity index (χ3n) is 4.68. The molecule has 0 heterocycles. The molecule has 3 aromatic rings. The second-order valence-electron chi connectivity index (χ2n) is 6.96. The second kappa shape index (κ2) is 9.89. The van der Waals surface area contributed by atoms with Crippen molar-refractivity contribution in [2.45, 2.75) is 30.3 Å². The molecular formula is C23H23ClN2O3S. The Morgan fingerprint density at radius 2 is 1.47 bits per heavy atom. The molecule has 0 aliphatic rings. The molecule has 0 bridgehead atoms. The first-order chi connectivity index (χ1) is 14.3. The zero-order chi connectivity index (χ0) is 21.6. The van der Waals surface area contributed by atoms with Gasteiger partial charge in [-0.05, 0) is 48.7 Å². The monoisotopic (exact) mass is 442 g/mol. The molecule has 3 rings (SSSR count). The van der Waals surface area contributed by atoms with E-state index in [0.29, 0.717) is 5.02 Å². The van der Waals surface area contributed by atoms with Gasteiger partial charge in [-0.25, -0.2) is 8.42 Å². The van der Waals surface area contributed by atoms with E-state index in [-0.39, 0.29) is 17.4 Å². The summed E-state index contributed by atoms with van der Waals surface area (Å²) in [6, 6.07) is 23.2. The fraction of sp³-hybridized carbons (Fsp3) is 0.174. The molecular weight excluding hydrogens is 420 g/mol. The van der Waals surface area contributed by atoms with Crippen molar-refractivity contribution in [1.82, 2.24) is 10.0 Å². The molecule has 30 heavy (non-hydrogen) atoms. The molecule has 0 aliphatic carbocycles. The number of rotatable bonds is 8. The Bertz CT molecular complexity index is 1070. The maximum absolute atomic E-state index is 13.0. The Balaban J connectivity index is 1.81. The van der Waals surface area contributed by atoms with Gasteiger partial charge in [-0.15, -0.1) is 0 Å². The van der Waals surface area contributed by atoms with Gasteiger partial charge in [0.15, 0.2) is 0 Å². The van der Waals surface area contributed by atoms with E-state index in [4.69, 9.17) is 11.6 Å². The van der Waals surface area contributed by atoms with Gasteiger partial charge < -0.3 is 5.32 Å². The SMILES string of the molecule is C[C@H](NC(=O)[C@@H](Cc1ccccc1)NS(=O)(=O)c1ccccc1)c1ccc(Cl)cc1. The van der Waals surface area contributed by atoms with E-state index in [1.165, 1.54) is 12.1 Å². The summed E-state index contributed by atoms with van der Waals surface area (Å²) in [5.41, 5.74) is 1.73. The van der Waals surface area contributed by atoms with Crippen LogP contribution >= 0.6 is 11.6 Å². The Morgan fingerprint density at radius 3 is 2.07 bits per heavy atom. The Morgan fingerprint density at radius 1 is 0.900 bits per heavy atom. The van der Waals surface area contributed by atoms with Crippen molar-refractivity contribution >= 4 is 27.5 Å². The number of hydrogen-bond donors (Lipinski definition) is 2. The smallest absolute Gasteiger partial charge is 0.241 e. The lowest BCUT2D eigenvalue weighted by Crippen LogP contribution is -2.48. The second-order valence-corrected chi connectivity index (χ2v) is 9.11. The third-order valence-corrected chi connectivity index (χ3v) is 6.42. The molecule has 0 spiro atoms. The fourth-order valence-corrected chi connectivity index (χ4v) is 4.38. The normalized spacial score (nSPS) is 13.4. The van der Waals surface area contributed by atoms with Crippen LogP contribution in [0, 0.1) is 0 Å². The Kier molecular flexibility index (Phi) is 7.26. The largest absolute Gasteiger partial charge is 0.348 e. The number of nitrogens with one attached hydrogen (secondary N) is 2. The minimum atomic E-state index is -3.86. The van der Waals surface area contributed by atoms with Crippen LogP contribution < -0.4 is 10.0 Å². The maximum Gasteiger partial charge on any atom is 0.241 e. The van der Waals surface area contributed by atoms with Crippen molar-refractivity contribution < 1.29 is 13.2 Å². The van der Waals surface area contributed by atoms with E-state index in [1.54, 1.807) is 30.3 Å². The molecule has 0 fully saturated rings. The highest BCUT2D eigenvalue weighted by Gasteiger charge is 2.27. The van der Waals surface area contributed by atoms with Crippen LogP contribution in [-0.2, 0) is 21.2 Å². The molecule has 0 saturated heterocycles. The van der Waals surface area contributed by atoms with Gasteiger partial charge in [0.05, 0.1) is 10.9 Å². The number of amides is 1. The van der Waals surface area contributed by atoms with Crippen LogP contribution in [0.4, 0.5) is 0 Å². The van der Waals surface area contributed by atoms with Crippen molar-refractivity contribution in [3.05, 3.63) is 101 Å². The van der Waals surface area contributed by atoms with Crippen LogP contribution in [0.3, 0.4) is 0 Å². The Hall–Kier alpha value is -2.67. The van der Waals surface area contributed by atoms with Crippen molar-refractivity contribution in [2.24, 2.45) is 0 Å². The minimum Gasteiger partial charge on any atom is -0.348 e. The van der Waals surface area contributed by atoms with Crippen LogP contribution in [0.5, 0.6) is 0 Å². The first kappa shape index (κ1) is 22.0. The van der Waals surface area contributed by atoms with Crippen LogP contribution in [-0.4, -0.2) is 20.4 Å². The van der Waals surface area contributed by atoms with Crippen molar-refractivity contribution in [1.29, 1.82) is 0 Å². The van der Waals surface area contributed by atoms with Crippen molar-refractivity contribution in [3.8, 4) is 0 Å². The molecule has 1 amide bonds. The highest BCUT2D eigenvalue weighted by molar-refractivity contribution is 7.89. The van der Waals surface area contributed by atoms with Crippen LogP contribution in [0.2, 0.25) is 5.02 Å². The van der Waals surface area contributed by atoms with Gasteiger partial charge in [0, 0.05) is 5.02 Å². The van der Waals surface area contributed by atoms with Gasteiger partial charge in [0.25, 0.3) is 0 Å². The lowest BCUT2D eigenvalue weighted by molar-refractivity contribution is -0.123. The zero-order valence-electron chi connectivity index (χ0n) is 16.5. The average molecular weight is 443 g/mol. The summed E-state index contributed by atoms with van der Waals surface area (Å²) in [4.78, 5) is 13.2. The predicted octanol–water partition coefficient (Wildman–Crippen LogP) is 4.11. The van der Waals surface area contributed by atoms with E-state index in [2.05, 4.69) is 10.0 Å². The topological polar surface area (TPSA) is 75.3 Å². The van der Waals surface area contributed by atoms with E-state index in [9.17, 15) is 13.2 Å². The standard InChI is InChI=1S/C23H23ClN2O3S/c1-17(19-12-14-20(24)15-13-19)25-23(27)22(16-18-8-4-2-5-9-18)26-30(28,29)21-10-6-3-7-11-21/h2-15,17,22,26H,16H2,1H3,(H,25,27)/t17-,22+/m0/s1. The number of hydrogen-bond acceptors (Lipinski definition) is 3. The Labute approximate surface area is 182 Å². The number of benzene rings is 3.